The van der Waals surface area contributed by atoms with Crippen LogP contribution in [0, 0.1) is 0 Å². The number of hydroxylamine groups is 2. The van der Waals surface area contributed by atoms with Gasteiger partial charge in [0, 0.05) is 6.54 Å². The number of amides is 1. The second-order valence-corrected chi connectivity index (χ2v) is 2.13. The van der Waals surface area contributed by atoms with Gasteiger partial charge in [-0.15, -0.1) is 0 Å². The van der Waals surface area contributed by atoms with Gasteiger partial charge in [-0.2, -0.15) is 0 Å². The molecule has 4 heteroatoms. The van der Waals surface area contributed by atoms with Crippen LogP contribution >= 0.6 is 0 Å². The van der Waals surface area contributed by atoms with Gasteiger partial charge >= 0.3 is 0 Å². The maximum absolute atomic E-state index is 11.0. The minimum absolute atomic E-state index is 0.394. The molecule has 0 bridgehead atoms. The zero-order valence-electron chi connectivity index (χ0n) is 7.20. The van der Waals surface area contributed by atoms with Crippen LogP contribution in [0.5, 0.6) is 0 Å². The standard InChI is InChI=1S/C7H15NO3/c1-4-8(11-5-2)7(10)6(3)9/h6,9H,4-5H2,1-3H3. The first kappa shape index (κ1) is 10.4. The molecule has 0 spiro atoms. The Morgan fingerprint density at radius 3 is 2.45 bits per heavy atom. The lowest BCUT2D eigenvalue weighted by Gasteiger charge is -2.20. The predicted molar refractivity (Wildman–Crippen MR) is 40.7 cm³/mol. The molecule has 1 atom stereocenters. The Bertz CT molecular complexity index is 125. The third-order valence-corrected chi connectivity index (χ3v) is 1.18. The van der Waals surface area contributed by atoms with Crippen molar-refractivity contribution in [3.05, 3.63) is 0 Å². The fourth-order valence-corrected chi connectivity index (χ4v) is 0.675. The molecule has 4 nitrogen and oxygen atoms in total. The Morgan fingerprint density at radius 1 is 1.64 bits per heavy atom. The van der Waals surface area contributed by atoms with E-state index < -0.39 is 12.0 Å². The lowest BCUT2D eigenvalue weighted by molar-refractivity contribution is -0.191. The summed E-state index contributed by atoms with van der Waals surface area (Å²) in [5.74, 6) is -0.394. The second kappa shape index (κ2) is 5.09. The molecular formula is C7H15NO3. The van der Waals surface area contributed by atoms with Gasteiger partial charge in [0.25, 0.3) is 5.91 Å². The van der Waals surface area contributed by atoms with Crippen molar-refractivity contribution in [2.75, 3.05) is 13.2 Å². The summed E-state index contributed by atoms with van der Waals surface area (Å²) in [6.45, 7) is 5.89. The quantitative estimate of drug-likeness (QED) is 0.598. The van der Waals surface area contributed by atoms with Gasteiger partial charge in [-0.05, 0) is 20.8 Å². The Balaban J connectivity index is 3.92. The molecule has 0 aromatic heterocycles. The third-order valence-electron chi connectivity index (χ3n) is 1.18. The van der Waals surface area contributed by atoms with E-state index in [1.54, 1.807) is 13.8 Å². The average Bonchev–Trinajstić information content (AvgIpc) is 1.98. The van der Waals surface area contributed by atoms with E-state index in [4.69, 9.17) is 9.94 Å². The van der Waals surface area contributed by atoms with Gasteiger partial charge in [0.05, 0.1) is 6.61 Å². The summed E-state index contributed by atoms with van der Waals surface area (Å²) in [5, 5.41) is 10.0. The number of rotatable bonds is 4. The van der Waals surface area contributed by atoms with Crippen molar-refractivity contribution in [3.63, 3.8) is 0 Å². The number of aliphatic hydroxyl groups is 1. The summed E-state index contributed by atoms with van der Waals surface area (Å²) in [6.07, 6.45) is -0.985. The van der Waals surface area contributed by atoms with Crippen molar-refractivity contribution in [1.82, 2.24) is 5.06 Å². The first-order chi connectivity index (χ1) is 5.13. The number of carbonyl (C=O) groups excluding carboxylic acids is 1. The minimum atomic E-state index is -0.985. The summed E-state index contributed by atoms with van der Waals surface area (Å²) < 4.78 is 0. The Labute approximate surface area is 66.7 Å². The molecular weight excluding hydrogens is 146 g/mol. The van der Waals surface area contributed by atoms with Crippen LogP contribution < -0.4 is 0 Å². The summed E-state index contributed by atoms with van der Waals surface area (Å²) in [7, 11) is 0. The zero-order valence-corrected chi connectivity index (χ0v) is 7.20. The van der Waals surface area contributed by atoms with E-state index in [9.17, 15) is 4.79 Å². The number of aliphatic hydroxyl groups excluding tert-OH is 1. The summed E-state index contributed by atoms with van der Waals surface area (Å²) in [4.78, 5) is 16.0. The molecule has 0 saturated carbocycles. The van der Waals surface area contributed by atoms with Crippen LogP contribution in [0.3, 0.4) is 0 Å². The summed E-state index contributed by atoms with van der Waals surface area (Å²) in [5.41, 5.74) is 0. The topological polar surface area (TPSA) is 49.8 Å². The van der Waals surface area contributed by atoms with Gasteiger partial charge in [0.1, 0.15) is 6.10 Å². The number of hydrogen-bond donors (Lipinski definition) is 1. The van der Waals surface area contributed by atoms with E-state index in [0.29, 0.717) is 13.2 Å². The normalized spacial score (nSPS) is 12.7. The molecule has 0 aliphatic rings. The summed E-state index contributed by atoms with van der Waals surface area (Å²) in [6, 6.07) is 0. The van der Waals surface area contributed by atoms with Gasteiger partial charge in [0.15, 0.2) is 0 Å². The van der Waals surface area contributed by atoms with Crippen molar-refractivity contribution >= 4 is 5.91 Å². The Morgan fingerprint density at radius 2 is 2.18 bits per heavy atom. The van der Waals surface area contributed by atoms with Crippen LogP contribution in [-0.4, -0.2) is 35.3 Å². The monoisotopic (exact) mass is 161 g/mol. The number of carbonyl (C=O) groups is 1. The van der Waals surface area contributed by atoms with E-state index in [1.165, 1.54) is 6.92 Å². The molecule has 0 saturated heterocycles. The number of nitrogens with zero attached hydrogens (tertiary/aromatic N) is 1. The van der Waals surface area contributed by atoms with Crippen LogP contribution in [0.25, 0.3) is 0 Å². The molecule has 1 amide bonds. The van der Waals surface area contributed by atoms with Gasteiger partial charge in [-0.3, -0.25) is 9.63 Å². The lowest BCUT2D eigenvalue weighted by Crippen LogP contribution is -2.37. The molecule has 0 aliphatic carbocycles. The average molecular weight is 161 g/mol. The van der Waals surface area contributed by atoms with Crippen LogP contribution in [0.15, 0.2) is 0 Å². The van der Waals surface area contributed by atoms with E-state index in [-0.39, 0.29) is 0 Å². The molecule has 1 N–H and O–H groups in total. The molecule has 66 valence electrons. The van der Waals surface area contributed by atoms with Gasteiger partial charge in [-0.25, -0.2) is 5.06 Å². The Kier molecular flexibility index (Phi) is 4.81. The highest BCUT2D eigenvalue weighted by Crippen LogP contribution is 1.95. The van der Waals surface area contributed by atoms with Crippen molar-refractivity contribution in [2.24, 2.45) is 0 Å². The van der Waals surface area contributed by atoms with Gasteiger partial charge in [0.2, 0.25) is 0 Å². The molecule has 0 aliphatic heterocycles. The molecule has 11 heavy (non-hydrogen) atoms. The molecule has 0 aromatic rings. The maximum atomic E-state index is 11.0. The molecule has 0 rings (SSSR count). The Hall–Kier alpha value is -0.610. The van der Waals surface area contributed by atoms with Crippen LogP contribution in [0.2, 0.25) is 0 Å². The van der Waals surface area contributed by atoms with E-state index in [2.05, 4.69) is 0 Å². The molecule has 0 aromatic carbocycles. The highest BCUT2D eigenvalue weighted by atomic mass is 16.7. The lowest BCUT2D eigenvalue weighted by atomic mass is 10.4. The first-order valence-electron chi connectivity index (χ1n) is 3.75. The summed E-state index contributed by atoms with van der Waals surface area (Å²) >= 11 is 0. The van der Waals surface area contributed by atoms with E-state index in [0.717, 1.165) is 5.06 Å². The predicted octanol–water partition coefficient (Wildman–Crippen LogP) is 0.167. The van der Waals surface area contributed by atoms with Crippen molar-refractivity contribution < 1.29 is 14.7 Å². The molecule has 0 radical (unpaired) electrons. The van der Waals surface area contributed by atoms with Gasteiger partial charge < -0.3 is 5.11 Å². The fourth-order valence-electron chi connectivity index (χ4n) is 0.675. The molecule has 1 unspecified atom stereocenters. The van der Waals surface area contributed by atoms with Crippen molar-refractivity contribution in [2.45, 2.75) is 26.9 Å². The van der Waals surface area contributed by atoms with Crippen molar-refractivity contribution in [3.8, 4) is 0 Å². The highest BCUT2D eigenvalue weighted by molar-refractivity contribution is 5.79. The van der Waals surface area contributed by atoms with Gasteiger partial charge in [-0.1, -0.05) is 0 Å². The molecule has 0 heterocycles. The fraction of sp³-hybridized carbons (Fsp3) is 0.857. The SMILES string of the molecule is CCON(CC)C(=O)C(C)O. The van der Waals surface area contributed by atoms with Crippen LogP contribution in [-0.2, 0) is 9.63 Å². The maximum Gasteiger partial charge on any atom is 0.274 e. The molecule has 0 fully saturated rings. The van der Waals surface area contributed by atoms with E-state index >= 15 is 0 Å². The number of likely N-dealkylation sites (N-methyl/N-ethyl adjacent to an activating group) is 1. The third kappa shape index (κ3) is 3.34. The van der Waals surface area contributed by atoms with Crippen LogP contribution in [0.4, 0.5) is 0 Å². The van der Waals surface area contributed by atoms with E-state index in [1.807, 2.05) is 0 Å². The first-order valence-corrected chi connectivity index (χ1v) is 3.75. The number of hydrogen-bond acceptors (Lipinski definition) is 3. The van der Waals surface area contributed by atoms with Crippen LogP contribution in [0.1, 0.15) is 20.8 Å². The largest absolute Gasteiger partial charge is 0.383 e. The smallest absolute Gasteiger partial charge is 0.274 e. The minimum Gasteiger partial charge on any atom is -0.383 e. The van der Waals surface area contributed by atoms with Crippen molar-refractivity contribution in [1.29, 1.82) is 0 Å². The zero-order chi connectivity index (χ0) is 8.85. The second-order valence-electron chi connectivity index (χ2n) is 2.13. The highest BCUT2D eigenvalue weighted by Gasteiger charge is 2.16.